The van der Waals surface area contributed by atoms with E-state index in [0.717, 1.165) is 37.9 Å². The first-order valence-electron chi connectivity index (χ1n) is 29.7. The summed E-state index contributed by atoms with van der Waals surface area (Å²) in [5, 5.41) is 20.7. The Morgan fingerprint density at radius 3 is 1.24 bits per heavy atom. The van der Waals surface area contributed by atoms with E-state index in [1.165, 1.54) is 14.7 Å². The number of benzene rings is 4. The van der Waals surface area contributed by atoms with Gasteiger partial charge in [0.05, 0.1) is 20.2 Å². The molecular weight excluding hydrogens is 1280 g/mol. The number of amides is 13. The quantitative estimate of drug-likeness (QED) is 0.0875. The number of ether oxygens (including phenoxy) is 1. The van der Waals surface area contributed by atoms with Gasteiger partial charge in [-0.05, 0) is 128 Å². The second-order valence-corrected chi connectivity index (χ2v) is 23.3. The first-order valence-corrected chi connectivity index (χ1v) is 29.8. The molecule has 4 aromatic carbocycles. The summed E-state index contributed by atoms with van der Waals surface area (Å²) in [4.78, 5) is 160. The number of carbonyl (C=O) groups excluding carboxylic acids is 13. The maximum atomic E-state index is 12.6. The Labute approximate surface area is 583 Å². The summed E-state index contributed by atoms with van der Waals surface area (Å²) >= 11 is 3.37. The first-order chi connectivity index (χ1) is 43.3. The summed E-state index contributed by atoms with van der Waals surface area (Å²) < 4.78 is 21.6. The number of nitrogens with two attached hydrogens (primary N) is 1. The third-order valence-corrected chi connectivity index (χ3v) is 15.9. The number of rotatable bonds is 7. The first kappa shape index (κ1) is 73.1. The van der Waals surface area contributed by atoms with Crippen LogP contribution >= 0.6 is 15.9 Å². The standard InChI is InChI=1S/C19H23N3O5.C14H15N3O3.C14H11N3O3.C13H11BrN2O3.C2H6.CH3F.CH3.K/c1-19(2,3)27-18(26)20-9-11-4-5-13-12(8-11)10-22(17(13)25)14-6-7-15(23)21-16(14)24;2*15-6-8-1-2-10-9(5-8)7-17(14(10)20)11-3-4-12(18)16-13(11)19;14-8-1-2-9-7(5-8)6-16(13(9)19)10-3-4-11(17)15-12(10)18;2*1-2;;/h4-5,8,14H,6-7,9-10H2,1-3H3,(H,20,26)(H,21,23,24);1-2,5,11H,3-4,6-7,15H2,(H,16,18,19);1-2,5,11H,3-4,7H2,(H,16,18,19);1-2,5,10H,3-4,6H2,(H,15,17,18);1-2H3;1H3;1H3;/q;;;;;;-1;+1/i;;;;;1D;;. The maximum Gasteiger partial charge on any atom is 1.00 e. The molecule has 4 saturated heterocycles. The smallest absolute Gasteiger partial charge is 0.444 e. The van der Waals surface area contributed by atoms with Gasteiger partial charge in [0, 0.05) is 91.7 Å². The number of hydrogen-bond acceptors (Lipinski definition) is 16. The number of nitrogens with zero attached hydrogens (tertiary/aromatic N) is 5. The van der Waals surface area contributed by atoms with Crippen LogP contribution in [0.5, 0.6) is 0 Å². The molecule has 4 aromatic rings. The van der Waals surface area contributed by atoms with Crippen molar-refractivity contribution in [3.05, 3.63) is 146 Å². The van der Waals surface area contributed by atoms with E-state index in [9.17, 15) is 66.7 Å². The van der Waals surface area contributed by atoms with Crippen LogP contribution in [0.4, 0.5) is 9.18 Å². The van der Waals surface area contributed by atoms with Crippen LogP contribution in [0.1, 0.15) is 168 Å². The van der Waals surface area contributed by atoms with Crippen molar-refractivity contribution < 1.29 is 124 Å². The van der Waals surface area contributed by atoms with Gasteiger partial charge in [-0.1, -0.05) is 54.0 Å². The predicted molar refractivity (Wildman–Crippen MR) is 328 cm³/mol. The summed E-state index contributed by atoms with van der Waals surface area (Å²) in [5.41, 5.74) is 13.0. The number of nitriles is 1. The number of nitrogens with one attached hydrogen (secondary N) is 5. The normalized spacial score (nSPS) is 20.1. The molecule has 8 heterocycles. The van der Waals surface area contributed by atoms with Gasteiger partial charge >= 0.3 is 57.5 Å². The Kier molecular flexibility index (Phi) is 26.3. The summed E-state index contributed by atoms with van der Waals surface area (Å²) in [6.45, 7) is 11.5. The van der Waals surface area contributed by atoms with Crippen molar-refractivity contribution in [1.29, 1.82) is 5.26 Å². The van der Waals surface area contributed by atoms with E-state index >= 15 is 0 Å². The number of carbonyl (C=O) groups is 13. The largest absolute Gasteiger partial charge is 1.00 e. The molecule has 13 amide bonds. The molecular formula is C64H72BrFKN11O14. The average Bonchev–Trinajstić information content (AvgIpc) is 1.69. The van der Waals surface area contributed by atoms with E-state index in [1.54, 1.807) is 68.1 Å². The number of imide groups is 4. The molecule has 8 aliphatic heterocycles. The summed E-state index contributed by atoms with van der Waals surface area (Å²) in [6.07, 6.45) is 1.95. The van der Waals surface area contributed by atoms with Crippen molar-refractivity contribution in [3.8, 4) is 6.07 Å². The van der Waals surface area contributed by atoms with Crippen molar-refractivity contribution in [2.24, 2.45) is 5.73 Å². The van der Waals surface area contributed by atoms with Gasteiger partial charge in [0.25, 0.3) is 23.6 Å². The molecule has 4 unspecified atom stereocenters. The molecule has 0 bridgehead atoms. The SMILES string of the molecule is CC.CC(C)(C)OC(=O)NCc1ccc2c(c1)CN(C1CCC(=O)NC1=O)C2=O.N#Cc1ccc2c(c1)CN(C1CCC(=O)NC1=O)C2=O.NCc1ccc2c(c1)CN(C1CCC(=O)NC1=O)C2=O.O=C1CCC(N2Cc3cc(Br)ccc3C2=O)C(=O)N1.[2H]CF.[CH3-].[K+]. The molecule has 0 aromatic heterocycles. The summed E-state index contributed by atoms with van der Waals surface area (Å²) in [5.74, 6) is -3.52. The fraction of sp³-hybridized carbons (Fsp3) is 0.391. The van der Waals surface area contributed by atoms with Crippen LogP contribution in [0.3, 0.4) is 0 Å². The van der Waals surface area contributed by atoms with Gasteiger partial charge in [-0.25, -0.2) is 4.79 Å². The molecule has 482 valence electrons. The van der Waals surface area contributed by atoms with Crippen LogP contribution in [0.15, 0.2) is 77.3 Å². The fourth-order valence-electron chi connectivity index (χ4n) is 11.2. The minimum absolute atomic E-state index is 0. The number of hydrogen-bond donors (Lipinski definition) is 6. The van der Waals surface area contributed by atoms with Crippen LogP contribution in [0, 0.1) is 18.8 Å². The van der Waals surface area contributed by atoms with E-state index in [1.807, 2.05) is 50.2 Å². The van der Waals surface area contributed by atoms with Crippen LogP contribution in [-0.4, -0.2) is 134 Å². The van der Waals surface area contributed by atoms with Gasteiger partial charge in [0.1, 0.15) is 29.8 Å². The van der Waals surface area contributed by atoms with Crippen molar-refractivity contribution in [2.45, 2.75) is 155 Å². The Morgan fingerprint density at radius 1 is 0.587 bits per heavy atom. The molecule has 4 atom stereocenters. The van der Waals surface area contributed by atoms with Crippen molar-refractivity contribution in [3.63, 3.8) is 0 Å². The van der Waals surface area contributed by atoms with Gasteiger partial charge in [-0.2, -0.15) is 5.26 Å². The third kappa shape index (κ3) is 17.8. The molecule has 92 heavy (non-hydrogen) atoms. The molecule has 12 rings (SSSR count). The predicted octanol–water partition coefficient (Wildman–Crippen LogP) is 1.97. The summed E-state index contributed by atoms with van der Waals surface area (Å²) in [7, 11) is -1.00. The number of halogens is 2. The van der Waals surface area contributed by atoms with E-state index in [4.69, 9.17) is 17.1 Å². The van der Waals surface area contributed by atoms with E-state index in [2.05, 4.69) is 42.5 Å². The zero-order valence-electron chi connectivity index (χ0n) is 53.1. The average molecular weight is 1360 g/mol. The molecule has 0 spiro atoms. The number of alkyl carbamates (subject to hydrolysis) is 1. The van der Waals surface area contributed by atoms with Gasteiger partial charge < -0.3 is 42.8 Å². The molecule has 25 nitrogen and oxygen atoms in total. The van der Waals surface area contributed by atoms with E-state index in [-0.39, 0.29) is 150 Å². The Hall–Kier alpha value is -7.91. The molecule has 0 radical (unpaired) electrons. The number of piperidine rings is 4. The fourth-order valence-corrected chi connectivity index (χ4v) is 11.6. The minimum atomic E-state index is -1.00. The number of alkyl halides is 1. The Balaban J connectivity index is 0.000000220. The Bertz CT molecular complexity index is 3670. The second-order valence-electron chi connectivity index (χ2n) is 22.4. The van der Waals surface area contributed by atoms with Gasteiger partial charge in [0.2, 0.25) is 47.3 Å². The van der Waals surface area contributed by atoms with Gasteiger partial charge in [0.15, 0.2) is 0 Å². The van der Waals surface area contributed by atoms with Crippen molar-refractivity contribution in [2.75, 3.05) is 7.15 Å². The van der Waals surface area contributed by atoms with Crippen molar-refractivity contribution >= 4 is 92.9 Å². The molecule has 0 aliphatic carbocycles. The van der Waals surface area contributed by atoms with Crippen LogP contribution < -0.4 is 83.7 Å². The molecule has 8 aliphatic rings. The molecule has 7 N–H and O–H groups in total. The number of fused-ring (bicyclic) bond motifs is 4. The zero-order chi connectivity index (χ0) is 66.6. The molecule has 0 saturated carbocycles. The topological polar surface area (TPSA) is 354 Å². The van der Waals surface area contributed by atoms with Gasteiger partial charge in [-0.15, -0.1) is 0 Å². The molecule has 4 fully saturated rings. The maximum absolute atomic E-state index is 12.6. The summed E-state index contributed by atoms with van der Waals surface area (Å²) in [6, 6.07) is 20.8. The second kappa shape index (κ2) is 33.1. The minimum Gasteiger partial charge on any atom is -0.444 e. The third-order valence-electron chi connectivity index (χ3n) is 15.4. The van der Waals surface area contributed by atoms with Gasteiger partial charge in [-0.3, -0.25) is 83.2 Å². The zero-order valence-corrected chi connectivity index (χ0v) is 56.8. The van der Waals surface area contributed by atoms with Crippen molar-refractivity contribution in [1.82, 2.24) is 46.2 Å². The Morgan fingerprint density at radius 2 is 0.902 bits per heavy atom. The van der Waals surface area contributed by atoms with Crippen LogP contribution in [-0.2, 0) is 82.4 Å². The van der Waals surface area contributed by atoms with Crippen LogP contribution in [0.2, 0.25) is 0 Å². The van der Waals surface area contributed by atoms with E-state index < -0.39 is 54.8 Å². The van der Waals surface area contributed by atoms with Crippen LogP contribution in [0.25, 0.3) is 0 Å². The van der Waals surface area contributed by atoms with E-state index in [0.29, 0.717) is 86.2 Å². The molecule has 28 heteroatoms. The monoisotopic (exact) mass is 1360 g/mol.